The van der Waals surface area contributed by atoms with E-state index in [2.05, 4.69) is 56.9 Å². The summed E-state index contributed by atoms with van der Waals surface area (Å²) in [7, 11) is -18.1. The Morgan fingerprint density at radius 3 is 1.27 bits per heavy atom. The molecule has 140 heavy (non-hydrogen) atoms. The van der Waals surface area contributed by atoms with Gasteiger partial charge in [0.2, 0.25) is 64.5 Å². The number of carbonyl (C=O) groups excluding carboxylic acids is 9. The number of primary amides is 1. The normalized spacial score (nSPS) is 17.1. The SMILES string of the molecule is CCN1/C(=C/C=C/C=C/C2=[N+](CCCCCC(=O)NCCCC[C@H](NC(=O)[C@H](CC(=O)O)NC(=O)[C@@H](NC(=O)[C@H](CCC(=O)O)NC(=O)[C@H](CC(=O)O)NC(=O)[C@H](CCCCNC(=O)CCCCCN3/C(=C/C=C/C4=[N+](CC)c5ccc(S(=O)(=O)O)cc5C4(C)C)C(C)(C)c4cc(S(=O)(=O)O)ccc43)NC(C)=O)C(C)C)C(N)=O)c3ccc(S(=O)(=O)O)cc3C2(C)C)C(C)(C)c2cc(S(=O)(=O)O)ccc21. The van der Waals surface area contributed by atoms with Gasteiger partial charge in [0.05, 0.1) is 43.3 Å². The molecule has 6 atom stereocenters. The number of rotatable bonds is 53. The number of hydrogen-bond acceptors (Lipinski definition) is 22. The Morgan fingerprint density at radius 1 is 0.414 bits per heavy atom. The molecule has 0 spiro atoms. The number of anilines is 2. The van der Waals surface area contributed by atoms with Gasteiger partial charge in [-0.15, -0.1) is 0 Å². The lowest BCUT2D eigenvalue weighted by Crippen LogP contribution is -2.60. The topological polar surface area (TPSA) is 618 Å². The van der Waals surface area contributed by atoms with Crippen molar-refractivity contribution >= 4 is 146 Å². The lowest BCUT2D eigenvalue weighted by atomic mass is 9.81. The summed E-state index contributed by atoms with van der Waals surface area (Å²) in [5.74, 6) is -13.9. The van der Waals surface area contributed by atoms with E-state index < -0.39 is 189 Å². The zero-order valence-corrected chi connectivity index (χ0v) is 84.1. The second-order valence-corrected chi connectivity index (χ2v) is 43.1. The average molecular weight is 2030 g/mol. The lowest BCUT2D eigenvalue weighted by Gasteiger charge is -2.28. The average Bonchev–Trinajstić information content (AvgIpc) is 1.61. The first kappa shape index (κ1) is 113. The Balaban J connectivity index is 0.794. The first-order valence-corrected chi connectivity index (χ1v) is 52.1. The molecule has 764 valence electrons. The van der Waals surface area contributed by atoms with Crippen LogP contribution in [0.5, 0.6) is 0 Å². The monoisotopic (exact) mass is 2030 g/mol. The van der Waals surface area contributed by atoms with E-state index >= 15 is 0 Å². The Bertz CT molecular complexity index is 6150. The molecule has 44 heteroatoms. The number of carboxylic acid groups (broad SMARTS) is 3. The first-order chi connectivity index (χ1) is 65.3. The third-order valence-electron chi connectivity index (χ3n) is 25.5. The number of benzene rings is 4. The fourth-order valence-electron chi connectivity index (χ4n) is 18.0. The highest BCUT2D eigenvalue weighted by Crippen LogP contribution is 2.51. The standard InChI is InChI=1S/C96H129N13O27S4/c1-14-106-73-43-38-60(137(125,126)127)52-64(73)93(6,7)77(106)32-19-16-20-33-79-95(10,11)66-54-62(139(131,132)133)40-45-75(66)108(79)50-27-17-21-36-81(111)98-48-25-23-30-68(87(97)119)101-90(122)72(57-85(117)118)104-92(124)86(58(3)4)105-89(121)70(42-47-83(113)114)102-91(123)71(56-84(115)116)103-88(120)69(100-59(5)110)31-24-26-49-99-82(112)37-22-18-28-51-109-76-46-41-63(140(134,135)136)55-67(76)96(12,13)80(109)35-29-34-78-94(8,9)65-53-61(138(128,129)130)39-44-74(65)107(78)15-2/h16,19-20,29,32-35,38-41,43-46,52-55,58,68-72,86H,14-15,17-18,21-28,30-31,36-37,42,47-51,56-57H2,1-13H3,(H15-2,97,98,99,100,101,102,103,104,105,110,111,112,113,114,115,116,117,118,119,120,121,122,123,124,125,126,127,128,129,130,131,132,133,134,135,136)/p+2/t68-,69-,70-,71-,72-,86-/m0/s1. The van der Waals surface area contributed by atoms with Crippen molar-refractivity contribution in [3.05, 3.63) is 155 Å². The predicted molar refractivity (Wildman–Crippen MR) is 520 cm³/mol. The number of likely N-dealkylation sites (N-methyl/N-ethyl adjacent to an activating group) is 1. The van der Waals surface area contributed by atoms with Gasteiger partial charge < -0.3 is 73.4 Å². The van der Waals surface area contributed by atoms with Crippen LogP contribution in [-0.2, 0) is 120 Å². The van der Waals surface area contributed by atoms with Crippen LogP contribution in [0.3, 0.4) is 0 Å². The van der Waals surface area contributed by atoms with Crippen LogP contribution in [0.4, 0.5) is 22.7 Å². The number of carbonyl (C=O) groups is 12. The molecule has 0 radical (unpaired) electrons. The van der Waals surface area contributed by atoms with Crippen molar-refractivity contribution in [3.63, 3.8) is 0 Å². The number of carboxylic acids is 3. The number of nitrogens with two attached hydrogens (primary N) is 1. The van der Waals surface area contributed by atoms with Crippen molar-refractivity contribution in [1.82, 2.24) is 42.5 Å². The number of nitrogens with zero attached hydrogens (tertiary/aromatic N) is 4. The zero-order chi connectivity index (χ0) is 104. The summed E-state index contributed by atoms with van der Waals surface area (Å²) in [4.78, 5) is 161. The van der Waals surface area contributed by atoms with Crippen LogP contribution >= 0.6 is 0 Å². The van der Waals surface area contributed by atoms with E-state index in [1.807, 2.05) is 122 Å². The third kappa shape index (κ3) is 29.3. The fraction of sp³-hybridized carbons (Fsp3) is 0.500. The minimum atomic E-state index is -4.58. The molecule has 4 aliphatic rings. The summed E-state index contributed by atoms with van der Waals surface area (Å²) in [6.45, 7) is 25.6. The second-order valence-electron chi connectivity index (χ2n) is 37.5. The van der Waals surface area contributed by atoms with Gasteiger partial charge in [-0.3, -0.25) is 75.7 Å². The molecule has 4 aromatic carbocycles. The van der Waals surface area contributed by atoms with Crippen LogP contribution in [0.15, 0.2) is 152 Å². The molecule has 0 unspecified atom stereocenters. The molecule has 40 nitrogen and oxygen atoms in total. The fourth-order valence-corrected chi connectivity index (χ4v) is 20.1. The van der Waals surface area contributed by atoms with Crippen molar-refractivity contribution in [2.24, 2.45) is 11.7 Å². The van der Waals surface area contributed by atoms with Crippen LogP contribution in [0.1, 0.15) is 228 Å². The van der Waals surface area contributed by atoms with Crippen LogP contribution < -0.4 is 58.1 Å². The molecule has 0 fully saturated rings. The molecule has 0 aromatic heterocycles. The highest BCUT2D eigenvalue weighted by atomic mass is 32.2. The summed E-state index contributed by atoms with van der Waals surface area (Å²) >= 11 is 0. The second kappa shape index (κ2) is 47.8. The maximum atomic E-state index is 14.2. The van der Waals surface area contributed by atoms with Gasteiger partial charge in [-0.1, -0.05) is 72.3 Å². The number of nitrogens with one attached hydrogen (secondary N) is 8. The smallest absolute Gasteiger partial charge is 0.305 e. The molecule has 0 saturated carbocycles. The molecule has 4 aromatic rings. The third-order valence-corrected chi connectivity index (χ3v) is 28.9. The largest absolute Gasteiger partial charge is 0.481 e. The summed E-state index contributed by atoms with van der Waals surface area (Å²) in [6.07, 6.45) is 15.6. The van der Waals surface area contributed by atoms with E-state index in [4.69, 9.17) is 5.73 Å². The molecule has 4 aliphatic heterocycles. The van der Waals surface area contributed by atoms with E-state index in [0.717, 1.165) is 52.4 Å². The van der Waals surface area contributed by atoms with Gasteiger partial charge in [-0.05, 0) is 202 Å². The minimum Gasteiger partial charge on any atom is -0.481 e. The van der Waals surface area contributed by atoms with Gasteiger partial charge in [0.25, 0.3) is 40.5 Å². The summed E-state index contributed by atoms with van der Waals surface area (Å²) in [6, 6.07) is 7.50. The minimum absolute atomic E-state index is 0.102. The molecular weight excluding hydrogens is 1900 g/mol. The Hall–Kier alpha value is -12.2. The molecule has 8 rings (SSSR count). The van der Waals surface area contributed by atoms with Gasteiger partial charge in [0.15, 0.2) is 11.4 Å². The molecule has 0 aliphatic carbocycles. The van der Waals surface area contributed by atoms with E-state index in [9.17, 15) is 125 Å². The predicted octanol–water partition coefficient (Wildman–Crippen LogP) is 7.78. The number of aliphatic carboxylic acids is 3. The molecule has 0 bridgehead atoms. The summed E-state index contributed by atoms with van der Waals surface area (Å²) in [5.41, 5.74) is 11.9. The number of amides is 9. The maximum Gasteiger partial charge on any atom is 0.305 e. The number of unbranched alkanes of at least 4 members (excludes halogenated alkanes) is 6. The van der Waals surface area contributed by atoms with Crippen molar-refractivity contribution in [2.75, 3.05) is 49.1 Å². The Morgan fingerprint density at radius 2 is 0.814 bits per heavy atom. The Labute approximate surface area is 816 Å². The quantitative estimate of drug-likeness (QED) is 0.00868. The molecule has 4 heterocycles. The number of hydrogen-bond donors (Lipinski definition) is 16. The summed E-state index contributed by atoms with van der Waals surface area (Å²) in [5, 5.41) is 49.2. The van der Waals surface area contributed by atoms with Gasteiger partial charge >= 0.3 is 17.9 Å². The van der Waals surface area contributed by atoms with E-state index in [1.54, 1.807) is 24.3 Å². The van der Waals surface area contributed by atoms with Crippen LogP contribution in [-0.4, -0.2) is 234 Å². The van der Waals surface area contributed by atoms with Gasteiger partial charge in [0.1, 0.15) is 49.3 Å². The Kier molecular flexibility index (Phi) is 38.6. The van der Waals surface area contributed by atoms with Crippen molar-refractivity contribution in [3.8, 4) is 0 Å². The van der Waals surface area contributed by atoms with Crippen molar-refractivity contribution in [1.29, 1.82) is 0 Å². The first-order valence-electron chi connectivity index (χ1n) is 46.3. The van der Waals surface area contributed by atoms with Crippen molar-refractivity contribution < 1.29 is 134 Å². The van der Waals surface area contributed by atoms with E-state index in [0.29, 0.717) is 87.1 Å². The van der Waals surface area contributed by atoms with Gasteiger partial charge in [-0.2, -0.15) is 42.8 Å². The van der Waals surface area contributed by atoms with E-state index in [1.165, 1.54) is 62.4 Å². The highest BCUT2D eigenvalue weighted by molar-refractivity contribution is 7.86. The summed E-state index contributed by atoms with van der Waals surface area (Å²) < 4.78 is 142. The van der Waals surface area contributed by atoms with Crippen molar-refractivity contribution in [2.45, 2.75) is 283 Å². The maximum absolute atomic E-state index is 14.2. The highest BCUT2D eigenvalue weighted by Gasteiger charge is 2.49. The lowest BCUT2D eigenvalue weighted by molar-refractivity contribution is -0.438. The molecular formula is C96H131N13O27S4+2. The number of allylic oxidation sites excluding steroid dienone is 10. The van der Waals surface area contributed by atoms with E-state index in [-0.39, 0.29) is 95.9 Å². The molecule has 9 amide bonds. The van der Waals surface area contributed by atoms with Crippen LogP contribution in [0, 0.1) is 5.92 Å². The zero-order valence-electron chi connectivity index (χ0n) is 80.9. The number of fused-ring (bicyclic) bond motifs is 4. The van der Waals surface area contributed by atoms with Crippen LogP contribution in [0.25, 0.3) is 0 Å². The van der Waals surface area contributed by atoms with Gasteiger partial charge in [0, 0.05) is 128 Å². The molecule has 17 N–H and O–H groups in total. The van der Waals surface area contributed by atoms with Crippen LogP contribution in [0.2, 0.25) is 0 Å². The van der Waals surface area contributed by atoms with Gasteiger partial charge in [-0.25, -0.2) is 0 Å². The molecule has 0 saturated heterocycles.